The van der Waals surface area contributed by atoms with Crippen LogP contribution in [0.3, 0.4) is 0 Å². The number of carbonyl (C=O) groups is 2. The van der Waals surface area contributed by atoms with Crippen LogP contribution in [0.15, 0.2) is 36.4 Å². The summed E-state index contributed by atoms with van der Waals surface area (Å²) in [6, 6.07) is 10.6. The first-order valence-electron chi connectivity index (χ1n) is 9.13. The van der Waals surface area contributed by atoms with E-state index in [9.17, 15) is 9.59 Å². The second-order valence-electron chi connectivity index (χ2n) is 6.85. The highest BCUT2D eigenvalue weighted by molar-refractivity contribution is 6.31. The number of benzene rings is 2. The topological polar surface area (TPSA) is 81.7 Å². The van der Waals surface area contributed by atoms with Gasteiger partial charge in [0.1, 0.15) is 0 Å². The van der Waals surface area contributed by atoms with Gasteiger partial charge in [0.25, 0.3) is 0 Å². The monoisotopic (exact) mass is 367 g/mol. The van der Waals surface area contributed by atoms with E-state index < -0.39 is 0 Å². The van der Waals surface area contributed by atoms with Crippen molar-refractivity contribution < 1.29 is 14.7 Å². The van der Waals surface area contributed by atoms with E-state index in [4.69, 9.17) is 5.11 Å². The second kappa shape index (κ2) is 8.33. The van der Waals surface area contributed by atoms with Crippen molar-refractivity contribution >= 4 is 22.9 Å². The highest BCUT2D eigenvalue weighted by Gasteiger charge is 2.33. The minimum absolute atomic E-state index is 0.0646. The number of hydrogen-bond acceptors (Lipinski definition) is 6. The van der Waals surface area contributed by atoms with Gasteiger partial charge < -0.3 is 20.6 Å². The number of hydrogen-bond donors (Lipinski definition) is 3. The number of anilines is 2. The van der Waals surface area contributed by atoms with Crippen LogP contribution in [-0.4, -0.2) is 61.9 Å². The first-order valence-corrected chi connectivity index (χ1v) is 9.13. The van der Waals surface area contributed by atoms with E-state index in [-0.39, 0.29) is 18.2 Å². The molecule has 2 aromatic carbocycles. The minimum atomic E-state index is -0.150. The summed E-state index contributed by atoms with van der Waals surface area (Å²) in [7, 11) is 3.96. The van der Waals surface area contributed by atoms with Crippen molar-refractivity contribution in [2.75, 3.05) is 51.0 Å². The van der Waals surface area contributed by atoms with Gasteiger partial charge in [-0.05, 0) is 32.6 Å². The molecule has 142 valence electrons. The summed E-state index contributed by atoms with van der Waals surface area (Å²) in [6.45, 7) is 2.07. The van der Waals surface area contributed by atoms with Crippen molar-refractivity contribution in [3.63, 3.8) is 0 Å². The molecule has 6 nitrogen and oxygen atoms in total. The van der Waals surface area contributed by atoms with E-state index in [1.807, 2.05) is 31.1 Å². The molecule has 3 N–H and O–H groups in total. The van der Waals surface area contributed by atoms with Gasteiger partial charge in [0, 0.05) is 48.7 Å². The Morgan fingerprint density at radius 1 is 0.852 bits per heavy atom. The number of carbonyl (C=O) groups excluding carboxylic acids is 2. The summed E-state index contributed by atoms with van der Waals surface area (Å²) >= 11 is 0. The fourth-order valence-electron chi connectivity index (χ4n) is 3.23. The number of likely N-dealkylation sites (N-methyl/N-ethyl adjacent to an activating group) is 1. The van der Waals surface area contributed by atoms with Crippen molar-refractivity contribution in [3.8, 4) is 0 Å². The van der Waals surface area contributed by atoms with Crippen molar-refractivity contribution in [1.29, 1.82) is 0 Å². The fraction of sp³-hybridized carbons (Fsp3) is 0.333. The third-order valence-corrected chi connectivity index (χ3v) is 4.60. The van der Waals surface area contributed by atoms with Crippen molar-refractivity contribution in [2.24, 2.45) is 0 Å². The predicted molar refractivity (Wildman–Crippen MR) is 107 cm³/mol. The van der Waals surface area contributed by atoms with Crippen LogP contribution in [0.2, 0.25) is 0 Å². The standard InChI is InChI=1S/C21H25N3O3/c1-24(2)12-11-23-17-9-8-16(22-10-5-13-25)18-19(17)21(27)15-7-4-3-6-14(15)20(18)26/h3-4,6-9,22-23,25H,5,10-13H2,1-2H3. The van der Waals surface area contributed by atoms with Crippen LogP contribution in [0, 0.1) is 0 Å². The Bertz CT molecular complexity index is 862. The molecule has 0 unspecified atom stereocenters. The quantitative estimate of drug-likeness (QED) is 0.530. The van der Waals surface area contributed by atoms with E-state index in [0.717, 1.165) is 6.54 Å². The Hall–Kier alpha value is -2.70. The minimum Gasteiger partial charge on any atom is -0.396 e. The summed E-state index contributed by atoms with van der Waals surface area (Å²) in [5.74, 6) is -0.290. The van der Waals surface area contributed by atoms with Gasteiger partial charge in [-0.1, -0.05) is 24.3 Å². The lowest BCUT2D eigenvalue weighted by molar-refractivity contribution is 0.0980. The molecule has 0 radical (unpaired) electrons. The smallest absolute Gasteiger partial charge is 0.196 e. The molecular weight excluding hydrogens is 342 g/mol. The maximum Gasteiger partial charge on any atom is 0.196 e. The molecule has 0 spiro atoms. The third kappa shape index (κ3) is 3.86. The van der Waals surface area contributed by atoms with Crippen LogP contribution in [-0.2, 0) is 0 Å². The summed E-state index contributed by atoms with van der Waals surface area (Å²) in [4.78, 5) is 28.4. The van der Waals surface area contributed by atoms with Crippen LogP contribution >= 0.6 is 0 Å². The van der Waals surface area contributed by atoms with Crippen LogP contribution in [0.4, 0.5) is 11.4 Å². The average molecular weight is 367 g/mol. The molecule has 0 aromatic heterocycles. The summed E-state index contributed by atoms with van der Waals surface area (Å²) in [5.41, 5.74) is 3.01. The van der Waals surface area contributed by atoms with E-state index in [0.29, 0.717) is 53.1 Å². The maximum atomic E-state index is 13.2. The zero-order chi connectivity index (χ0) is 19.4. The Morgan fingerprint density at radius 2 is 1.37 bits per heavy atom. The zero-order valence-electron chi connectivity index (χ0n) is 15.7. The van der Waals surface area contributed by atoms with Crippen LogP contribution in [0.1, 0.15) is 38.3 Å². The van der Waals surface area contributed by atoms with Gasteiger partial charge in [0.15, 0.2) is 11.6 Å². The van der Waals surface area contributed by atoms with Crippen molar-refractivity contribution in [3.05, 3.63) is 58.7 Å². The molecule has 6 heteroatoms. The molecular formula is C21H25N3O3. The molecule has 3 rings (SSSR count). The lowest BCUT2D eigenvalue weighted by Gasteiger charge is -2.24. The van der Waals surface area contributed by atoms with Gasteiger partial charge in [-0.2, -0.15) is 0 Å². The van der Waals surface area contributed by atoms with Gasteiger partial charge in [-0.15, -0.1) is 0 Å². The lowest BCUT2D eigenvalue weighted by Crippen LogP contribution is -2.26. The number of nitrogens with one attached hydrogen (secondary N) is 2. The molecule has 0 fully saturated rings. The normalized spacial score (nSPS) is 12.7. The van der Waals surface area contributed by atoms with Crippen molar-refractivity contribution in [2.45, 2.75) is 6.42 Å². The van der Waals surface area contributed by atoms with E-state index in [2.05, 4.69) is 10.6 Å². The van der Waals surface area contributed by atoms with E-state index >= 15 is 0 Å². The second-order valence-corrected chi connectivity index (χ2v) is 6.85. The van der Waals surface area contributed by atoms with Gasteiger partial charge in [-0.25, -0.2) is 0 Å². The van der Waals surface area contributed by atoms with Crippen LogP contribution in [0.5, 0.6) is 0 Å². The van der Waals surface area contributed by atoms with Gasteiger partial charge in [0.05, 0.1) is 11.1 Å². The van der Waals surface area contributed by atoms with Crippen LogP contribution < -0.4 is 10.6 Å². The zero-order valence-corrected chi connectivity index (χ0v) is 15.7. The number of aliphatic hydroxyl groups excluding tert-OH is 1. The molecule has 0 amide bonds. The SMILES string of the molecule is CN(C)CCNc1ccc(NCCCO)c2c1C(=O)c1ccccc1C2=O. The highest BCUT2D eigenvalue weighted by atomic mass is 16.3. The van der Waals surface area contributed by atoms with E-state index in [1.165, 1.54) is 0 Å². The number of aliphatic hydroxyl groups is 1. The lowest BCUT2D eigenvalue weighted by atomic mass is 9.82. The molecule has 0 atom stereocenters. The fourth-order valence-corrected chi connectivity index (χ4v) is 3.23. The Labute approximate surface area is 159 Å². The Kier molecular flexibility index (Phi) is 5.88. The van der Waals surface area contributed by atoms with E-state index in [1.54, 1.807) is 24.3 Å². The summed E-state index contributed by atoms with van der Waals surface area (Å²) < 4.78 is 0. The molecule has 1 aliphatic carbocycles. The van der Waals surface area contributed by atoms with Gasteiger partial charge >= 0.3 is 0 Å². The van der Waals surface area contributed by atoms with Gasteiger partial charge in [-0.3, -0.25) is 9.59 Å². The first kappa shape index (κ1) is 19.1. The summed E-state index contributed by atoms with van der Waals surface area (Å²) in [6.07, 6.45) is 0.566. The molecule has 27 heavy (non-hydrogen) atoms. The van der Waals surface area contributed by atoms with Gasteiger partial charge in [0.2, 0.25) is 0 Å². The molecule has 1 aliphatic rings. The maximum absolute atomic E-state index is 13.2. The molecule has 0 bridgehead atoms. The molecule has 0 saturated heterocycles. The number of rotatable bonds is 8. The third-order valence-electron chi connectivity index (χ3n) is 4.60. The Balaban J connectivity index is 2.04. The molecule has 0 saturated carbocycles. The molecule has 2 aromatic rings. The number of nitrogens with zero attached hydrogens (tertiary/aromatic N) is 1. The largest absolute Gasteiger partial charge is 0.396 e. The highest BCUT2D eigenvalue weighted by Crippen LogP contribution is 2.36. The Morgan fingerprint density at radius 3 is 1.85 bits per heavy atom. The predicted octanol–water partition coefficient (Wildman–Crippen LogP) is 2.23. The average Bonchev–Trinajstić information content (AvgIpc) is 2.66. The number of ketones is 2. The summed E-state index contributed by atoms with van der Waals surface area (Å²) in [5, 5.41) is 15.5. The first-order chi connectivity index (χ1) is 13.0. The molecule has 0 aliphatic heterocycles. The van der Waals surface area contributed by atoms with Crippen molar-refractivity contribution in [1.82, 2.24) is 4.90 Å². The molecule has 0 heterocycles. The van der Waals surface area contributed by atoms with Crippen LogP contribution in [0.25, 0.3) is 0 Å². The number of fused-ring (bicyclic) bond motifs is 2.